The lowest BCUT2D eigenvalue weighted by Crippen LogP contribution is -1.98. The second-order valence-electron chi connectivity index (χ2n) is 0.787. The Labute approximate surface area is 40.5 Å². The molecule has 0 saturated heterocycles. The van der Waals surface area contributed by atoms with Crippen molar-refractivity contribution >= 4 is 10.0 Å². The van der Waals surface area contributed by atoms with Gasteiger partial charge in [-0.1, -0.05) is 0 Å². The van der Waals surface area contributed by atoms with Crippen molar-refractivity contribution in [3.05, 3.63) is 0 Å². The molecule has 6 heavy (non-hydrogen) atoms. The van der Waals surface area contributed by atoms with Crippen molar-refractivity contribution in [1.29, 1.82) is 0 Å². The van der Waals surface area contributed by atoms with Crippen LogP contribution in [0.4, 0.5) is 0 Å². The van der Waals surface area contributed by atoms with Gasteiger partial charge in [-0.2, -0.15) is 0 Å². The lowest BCUT2D eigenvalue weighted by Gasteiger charge is -1.90. The summed E-state index contributed by atoms with van der Waals surface area (Å²) < 4.78 is 9.49. The summed E-state index contributed by atoms with van der Waals surface area (Å²) in [5.41, 5.74) is 0. The van der Waals surface area contributed by atoms with E-state index in [9.17, 15) is 0 Å². The van der Waals surface area contributed by atoms with Gasteiger partial charge in [-0.25, -0.2) is 0 Å². The van der Waals surface area contributed by atoms with Gasteiger partial charge >= 0.3 is 10.0 Å². The summed E-state index contributed by atoms with van der Waals surface area (Å²) in [5, 5.41) is 0. The predicted octanol–water partition coefficient (Wildman–Crippen LogP) is -0.0642. The van der Waals surface area contributed by atoms with Gasteiger partial charge in [0.25, 0.3) is 0 Å². The second-order valence-corrected chi connectivity index (χ2v) is 1.78. The van der Waals surface area contributed by atoms with Gasteiger partial charge in [0.2, 0.25) is 0 Å². The summed E-state index contributed by atoms with van der Waals surface area (Å²) in [6, 6.07) is 0. The van der Waals surface area contributed by atoms with Gasteiger partial charge < -0.3 is 8.85 Å². The van der Waals surface area contributed by atoms with Crippen LogP contribution in [0, 0.1) is 0 Å². The van der Waals surface area contributed by atoms with Crippen LogP contribution < -0.4 is 0 Å². The van der Waals surface area contributed by atoms with Crippen LogP contribution in [0.2, 0.25) is 0 Å². The molecule has 0 aromatic heterocycles. The quantitative estimate of drug-likeness (QED) is 0.369. The van der Waals surface area contributed by atoms with E-state index in [0.29, 0.717) is 0 Å². The van der Waals surface area contributed by atoms with E-state index in [2.05, 4.69) is 4.43 Å². The van der Waals surface area contributed by atoms with Gasteiger partial charge in [0.15, 0.2) is 0 Å². The van der Waals surface area contributed by atoms with Crippen LogP contribution in [0.3, 0.4) is 0 Å². The minimum absolute atomic E-state index is 0.182. The zero-order valence-electron chi connectivity index (χ0n) is 4.10. The summed E-state index contributed by atoms with van der Waals surface area (Å²) in [5.74, 6) is 0. The Morgan fingerprint density at radius 1 is 1.67 bits per heavy atom. The Morgan fingerprint density at radius 2 is 2.33 bits per heavy atom. The number of hydrogen-bond donors (Lipinski definition) is 0. The first-order valence-electron chi connectivity index (χ1n) is 1.88. The molecule has 0 heterocycles. The van der Waals surface area contributed by atoms with Gasteiger partial charge in [-0.05, 0) is 6.92 Å². The predicted molar refractivity (Wildman–Crippen MR) is 25.8 cm³/mol. The Hall–Kier alpha value is 0.137. The Bertz CT molecular complexity index is 20.8. The van der Waals surface area contributed by atoms with Crippen LogP contribution in [0.15, 0.2) is 0 Å². The first-order chi connectivity index (χ1) is 2.91. The summed E-state index contributed by atoms with van der Waals surface area (Å²) in [6.45, 7) is 2.72. The normalized spacial score (nSPS) is 9.00. The van der Waals surface area contributed by atoms with Crippen LogP contribution >= 0.6 is 0 Å². The highest BCUT2D eigenvalue weighted by atomic mass is 28.3. The molecule has 3 heteroatoms. The first kappa shape index (κ1) is 6.14. The maximum atomic E-state index is 4.84. The molecule has 0 atom stereocenters. The monoisotopic (exact) mass is 105 g/mol. The molecular weight excluding hydrogens is 96.1 g/mol. The van der Waals surface area contributed by atoms with Crippen LogP contribution in [0.1, 0.15) is 6.92 Å². The van der Waals surface area contributed by atoms with E-state index in [1.807, 2.05) is 6.92 Å². The molecule has 0 N–H and O–H groups in total. The van der Waals surface area contributed by atoms with Crippen molar-refractivity contribution in [3.63, 3.8) is 0 Å². The third-order valence-electron chi connectivity index (χ3n) is 0.331. The highest BCUT2D eigenvalue weighted by molar-refractivity contribution is 6.17. The third-order valence-corrected chi connectivity index (χ3v) is 0.993. The topological polar surface area (TPSA) is 18.5 Å². The molecule has 37 valence electrons. The maximum Gasteiger partial charge on any atom is 0.364 e. The SMILES string of the molecule is CCO[SiH]OC. The lowest BCUT2D eigenvalue weighted by atomic mass is 10.9. The standard InChI is InChI=1S/C3H9O2Si/c1-3-5-6-4-2/h6H,3H2,1-2H3. The van der Waals surface area contributed by atoms with Crippen LogP contribution in [0.5, 0.6) is 0 Å². The van der Waals surface area contributed by atoms with Gasteiger partial charge in [0.1, 0.15) is 0 Å². The maximum absolute atomic E-state index is 4.84. The highest BCUT2D eigenvalue weighted by Crippen LogP contribution is 1.64. The summed E-state index contributed by atoms with van der Waals surface area (Å²) >= 11 is 0. The molecule has 0 rings (SSSR count). The van der Waals surface area contributed by atoms with Crippen LogP contribution in [-0.4, -0.2) is 23.7 Å². The minimum atomic E-state index is -0.182. The van der Waals surface area contributed by atoms with Crippen molar-refractivity contribution in [2.75, 3.05) is 13.7 Å². The Kier molecular flexibility index (Phi) is 5.25. The average molecular weight is 105 g/mol. The van der Waals surface area contributed by atoms with E-state index in [4.69, 9.17) is 4.43 Å². The molecule has 2 nitrogen and oxygen atoms in total. The van der Waals surface area contributed by atoms with Crippen molar-refractivity contribution in [2.24, 2.45) is 0 Å². The molecule has 0 spiro atoms. The fraction of sp³-hybridized carbons (Fsp3) is 1.00. The molecule has 0 saturated carbocycles. The van der Waals surface area contributed by atoms with Crippen molar-refractivity contribution in [2.45, 2.75) is 6.92 Å². The molecular formula is C3H9O2Si. The molecule has 0 aliphatic carbocycles. The van der Waals surface area contributed by atoms with E-state index in [-0.39, 0.29) is 10.0 Å². The van der Waals surface area contributed by atoms with E-state index in [0.717, 1.165) is 6.61 Å². The molecule has 0 amide bonds. The second kappa shape index (κ2) is 5.14. The Morgan fingerprint density at radius 3 is 2.50 bits per heavy atom. The lowest BCUT2D eigenvalue weighted by molar-refractivity contribution is 0.269. The molecule has 0 aliphatic heterocycles. The summed E-state index contributed by atoms with van der Waals surface area (Å²) in [7, 11) is 1.46. The van der Waals surface area contributed by atoms with Gasteiger partial charge in [0, 0.05) is 13.7 Å². The van der Waals surface area contributed by atoms with Crippen LogP contribution in [0.25, 0.3) is 0 Å². The zero-order chi connectivity index (χ0) is 4.83. The zero-order valence-corrected chi connectivity index (χ0v) is 5.26. The van der Waals surface area contributed by atoms with E-state index in [1.165, 1.54) is 0 Å². The molecule has 0 aromatic rings. The van der Waals surface area contributed by atoms with E-state index >= 15 is 0 Å². The van der Waals surface area contributed by atoms with E-state index in [1.54, 1.807) is 7.11 Å². The van der Waals surface area contributed by atoms with Gasteiger partial charge in [-0.3, -0.25) is 0 Å². The van der Waals surface area contributed by atoms with Gasteiger partial charge in [-0.15, -0.1) is 0 Å². The van der Waals surface area contributed by atoms with E-state index < -0.39 is 0 Å². The molecule has 1 radical (unpaired) electrons. The van der Waals surface area contributed by atoms with Crippen molar-refractivity contribution in [1.82, 2.24) is 0 Å². The smallest absolute Gasteiger partial charge is 0.364 e. The molecule has 0 aromatic carbocycles. The van der Waals surface area contributed by atoms with Crippen molar-refractivity contribution in [3.8, 4) is 0 Å². The number of rotatable bonds is 3. The third kappa shape index (κ3) is 4.14. The fourth-order valence-electron chi connectivity index (χ4n) is 0.136. The highest BCUT2D eigenvalue weighted by Gasteiger charge is 1.76. The molecule has 0 unspecified atom stereocenters. The summed E-state index contributed by atoms with van der Waals surface area (Å²) in [6.07, 6.45) is 0. The summed E-state index contributed by atoms with van der Waals surface area (Å²) in [4.78, 5) is 0. The average Bonchev–Trinajstić information content (AvgIpc) is 1.61. The van der Waals surface area contributed by atoms with Crippen molar-refractivity contribution < 1.29 is 8.85 Å². The largest absolute Gasteiger partial charge is 0.399 e. The minimum Gasteiger partial charge on any atom is -0.399 e. The number of hydrogen-bond acceptors (Lipinski definition) is 2. The van der Waals surface area contributed by atoms with Gasteiger partial charge in [0.05, 0.1) is 0 Å². The molecule has 0 bridgehead atoms. The molecule has 0 aliphatic rings. The first-order valence-corrected chi connectivity index (χ1v) is 2.82. The molecule has 0 fully saturated rings. The Balaban J connectivity index is 2.34. The fourth-order valence-corrected chi connectivity index (χ4v) is 0.408. The van der Waals surface area contributed by atoms with Crippen LogP contribution in [-0.2, 0) is 8.85 Å².